The molecular formula is C15H18FN3O2. The number of carbonyl (C=O) groups is 1. The largest absolute Gasteiger partial charge is 0.450 e. The van der Waals surface area contributed by atoms with Crippen molar-refractivity contribution in [1.82, 2.24) is 9.80 Å². The normalized spacial score (nSPS) is 15.6. The highest BCUT2D eigenvalue weighted by Gasteiger charge is 2.22. The second kappa shape index (κ2) is 7.04. The molecular weight excluding hydrogens is 273 g/mol. The molecule has 0 spiro atoms. The van der Waals surface area contributed by atoms with Gasteiger partial charge in [0.15, 0.2) is 0 Å². The van der Waals surface area contributed by atoms with Crippen LogP contribution < -0.4 is 0 Å². The zero-order valence-corrected chi connectivity index (χ0v) is 12.0. The fourth-order valence-electron chi connectivity index (χ4n) is 2.35. The topological polar surface area (TPSA) is 56.6 Å². The van der Waals surface area contributed by atoms with E-state index in [2.05, 4.69) is 11.0 Å². The summed E-state index contributed by atoms with van der Waals surface area (Å²) < 4.78 is 18.3. The first kappa shape index (κ1) is 15.3. The molecule has 0 saturated carbocycles. The molecule has 1 aliphatic rings. The van der Waals surface area contributed by atoms with Gasteiger partial charge in [0.05, 0.1) is 18.2 Å². The minimum absolute atomic E-state index is 0.291. The van der Waals surface area contributed by atoms with Crippen molar-refractivity contribution in [3.05, 3.63) is 35.1 Å². The standard InChI is InChI=1S/C15H18FN3O2/c1-2-21-15(20)19-7-5-18(6-8-19)11-13-9-14(16)4-3-12(13)10-17/h3-4,9H,2,5-8,11H2,1H3. The summed E-state index contributed by atoms with van der Waals surface area (Å²) in [7, 11) is 0. The average molecular weight is 291 g/mol. The maximum absolute atomic E-state index is 13.3. The molecule has 0 aliphatic carbocycles. The van der Waals surface area contributed by atoms with Gasteiger partial charge in [-0.1, -0.05) is 0 Å². The maximum Gasteiger partial charge on any atom is 0.409 e. The third kappa shape index (κ3) is 3.92. The average Bonchev–Trinajstić information content (AvgIpc) is 2.48. The van der Waals surface area contributed by atoms with Crippen LogP contribution in [0.3, 0.4) is 0 Å². The number of benzene rings is 1. The Morgan fingerprint density at radius 2 is 2.10 bits per heavy atom. The molecule has 1 amide bonds. The Hall–Kier alpha value is -2.13. The molecule has 2 rings (SSSR count). The van der Waals surface area contributed by atoms with E-state index in [1.165, 1.54) is 18.2 Å². The number of ether oxygens (including phenoxy) is 1. The van der Waals surface area contributed by atoms with Gasteiger partial charge >= 0.3 is 6.09 Å². The van der Waals surface area contributed by atoms with Crippen LogP contribution >= 0.6 is 0 Å². The van der Waals surface area contributed by atoms with Crippen molar-refractivity contribution in [2.24, 2.45) is 0 Å². The lowest BCUT2D eigenvalue weighted by Crippen LogP contribution is -2.48. The quantitative estimate of drug-likeness (QED) is 0.854. The van der Waals surface area contributed by atoms with Gasteiger partial charge in [-0.15, -0.1) is 0 Å². The van der Waals surface area contributed by atoms with Crippen LogP contribution in [0.4, 0.5) is 9.18 Å². The lowest BCUT2D eigenvalue weighted by molar-refractivity contribution is 0.0778. The molecule has 112 valence electrons. The minimum Gasteiger partial charge on any atom is -0.450 e. The van der Waals surface area contributed by atoms with Crippen LogP contribution in [0.1, 0.15) is 18.1 Å². The summed E-state index contributed by atoms with van der Waals surface area (Å²) in [4.78, 5) is 15.4. The third-order valence-electron chi connectivity index (χ3n) is 3.48. The number of hydrogen-bond acceptors (Lipinski definition) is 4. The van der Waals surface area contributed by atoms with Gasteiger partial charge in [-0.2, -0.15) is 5.26 Å². The fraction of sp³-hybridized carbons (Fsp3) is 0.467. The molecule has 21 heavy (non-hydrogen) atoms. The first-order valence-electron chi connectivity index (χ1n) is 6.96. The van der Waals surface area contributed by atoms with Crippen molar-refractivity contribution >= 4 is 6.09 Å². The zero-order valence-electron chi connectivity index (χ0n) is 12.0. The molecule has 5 nitrogen and oxygen atoms in total. The molecule has 1 saturated heterocycles. The number of amides is 1. The van der Waals surface area contributed by atoms with Crippen LogP contribution in [0.5, 0.6) is 0 Å². The van der Waals surface area contributed by atoms with E-state index in [1.54, 1.807) is 11.8 Å². The van der Waals surface area contributed by atoms with Gasteiger partial charge in [-0.25, -0.2) is 9.18 Å². The van der Waals surface area contributed by atoms with E-state index in [0.29, 0.717) is 50.5 Å². The van der Waals surface area contributed by atoms with Crippen LogP contribution in [0, 0.1) is 17.1 Å². The second-order valence-electron chi connectivity index (χ2n) is 4.88. The highest BCUT2D eigenvalue weighted by Crippen LogP contribution is 2.15. The van der Waals surface area contributed by atoms with Gasteiger partial charge < -0.3 is 9.64 Å². The van der Waals surface area contributed by atoms with Crippen molar-refractivity contribution in [3.63, 3.8) is 0 Å². The summed E-state index contributed by atoms with van der Waals surface area (Å²) in [6, 6.07) is 6.27. The molecule has 1 aromatic carbocycles. The van der Waals surface area contributed by atoms with Crippen molar-refractivity contribution in [2.75, 3.05) is 32.8 Å². The molecule has 1 aliphatic heterocycles. The monoisotopic (exact) mass is 291 g/mol. The van der Waals surface area contributed by atoms with Gasteiger partial charge in [-0.05, 0) is 30.7 Å². The molecule has 0 radical (unpaired) electrons. The Morgan fingerprint density at radius 3 is 2.71 bits per heavy atom. The first-order chi connectivity index (χ1) is 10.1. The van der Waals surface area contributed by atoms with Gasteiger partial charge in [0.2, 0.25) is 0 Å². The van der Waals surface area contributed by atoms with Crippen molar-refractivity contribution in [2.45, 2.75) is 13.5 Å². The SMILES string of the molecule is CCOC(=O)N1CCN(Cc2cc(F)ccc2C#N)CC1. The molecule has 1 aromatic rings. The van der Waals surface area contributed by atoms with Gasteiger partial charge in [0.1, 0.15) is 5.82 Å². The third-order valence-corrected chi connectivity index (χ3v) is 3.48. The predicted octanol–water partition coefficient (Wildman–Crippen LogP) is 1.97. The second-order valence-corrected chi connectivity index (χ2v) is 4.88. The van der Waals surface area contributed by atoms with E-state index < -0.39 is 0 Å². The molecule has 0 aromatic heterocycles. The van der Waals surface area contributed by atoms with Gasteiger partial charge in [0.25, 0.3) is 0 Å². The van der Waals surface area contributed by atoms with E-state index in [-0.39, 0.29) is 11.9 Å². The predicted molar refractivity (Wildman–Crippen MR) is 75.0 cm³/mol. The molecule has 6 heteroatoms. The summed E-state index contributed by atoms with van der Waals surface area (Å²) in [5.74, 6) is -0.339. The summed E-state index contributed by atoms with van der Waals surface area (Å²) in [5.41, 5.74) is 1.17. The highest BCUT2D eigenvalue weighted by molar-refractivity contribution is 5.67. The molecule has 1 fully saturated rings. The van der Waals surface area contributed by atoms with Crippen molar-refractivity contribution in [3.8, 4) is 6.07 Å². The summed E-state index contributed by atoms with van der Waals surface area (Å²) in [5, 5.41) is 9.05. The van der Waals surface area contributed by atoms with Crippen molar-refractivity contribution < 1.29 is 13.9 Å². The number of hydrogen-bond donors (Lipinski definition) is 0. The zero-order chi connectivity index (χ0) is 15.2. The fourth-order valence-corrected chi connectivity index (χ4v) is 2.35. The molecule has 0 unspecified atom stereocenters. The minimum atomic E-state index is -0.339. The van der Waals surface area contributed by atoms with Crippen LogP contribution in [0.15, 0.2) is 18.2 Å². The van der Waals surface area contributed by atoms with Crippen LogP contribution in [0.2, 0.25) is 0 Å². The summed E-state index contributed by atoms with van der Waals surface area (Å²) in [6.45, 7) is 5.18. The van der Waals surface area contributed by atoms with E-state index >= 15 is 0 Å². The number of carbonyl (C=O) groups excluding carboxylic acids is 1. The number of nitriles is 1. The molecule has 1 heterocycles. The smallest absolute Gasteiger partial charge is 0.409 e. The lowest BCUT2D eigenvalue weighted by Gasteiger charge is -2.34. The lowest BCUT2D eigenvalue weighted by atomic mass is 10.1. The van der Waals surface area contributed by atoms with Crippen molar-refractivity contribution in [1.29, 1.82) is 5.26 Å². The Balaban J connectivity index is 1.94. The molecule has 0 bridgehead atoms. The molecule has 0 N–H and O–H groups in total. The van der Waals surface area contributed by atoms with Crippen LogP contribution in [0.25, 0.3) is 0 Å². The summed E-state index contributed by atoms with van der Waals surface area (Å²) >= 11 is 0. The number of halogens is 1. The first-order valence-corrected chi connectivity index (χ1v) is 6.96. The Labute approximate surface area is 123 Å². The number of nitrogens with zero attached hydrogens (tertiary/aromatic N) is 3. The number of rotatable bonds is 3. The van der Waals surface area contributed by atoms with Crippen LogP contribution in [-0.4, -0.2) is 48.7 Å². The van der Waals surface area contributed by atoms with E-state index in [0.717, 1.165) is 0 Å². The van der Waals surface area contributed by atoms with E-state index in [9.17, 15) is 9.18 Å². The Morgan fingerprint density at radius 1 is 1.38 bits per heavy atom. The van der Waals surface area contributed by atoms with E-state index in [4.69, 9.17) is 10.00 Å². The molecule has 0 atom stereocenters. The van der Waals surface area contributed by atoms with Gasteiger partial charge in [0, 0.05) is 32.7 Å². The van der Waals surface area contributed by atoms with Crippen LogP contribution in [-0.2, 0) is 11.3 Å². The summed E-state index contributed by atoms with van der Waals surface area (Å²) in [6.07, 6.45) is -0.291. The Bertz CT molecular complexity index is 548. The number of piperazine rings is 1. The Kier molecular flexibility index (Phi) is 5.12. The maximum atomic E-state index is 13.3. The highest BCUT2D eigenvalue weighted by atomic mass is 19.1. The van der Waals surface area contributed by atoms with Gasteiger partial charge in [-0.3, -0.25) is 4.90 Å². The van der Waals surface area contributed by atoms with E-state index in [1.807, 2.05) is 0 Å².